The number of nitrogens with one attached hydrogen (secondary N) is 2. The van der Waals surface area contributed by atoms with Crippen LogP contribution >= 0.6 is 0 Å². The third kappa shape index (κ3) is 6.79. The summed E-state index contributed by atoms with van der Waals surface area (Å²) in [4.78, 5) is 18.7. The number of sulfone groups is 1. The molecule has 0 spiro atoms. The molecule has 0 radical (unpaired) electrons. The summed E-state index contributed by atoms with van der Waals surface area (Å²) in [6, 6.07) is 11.6. The number of aromatic amines is 1. The number of carboxylic acids is 1. The molecule has 6 rings (SSSR count). The molecule has 5 aromatic rings. The lowest BCUT2D eigenvalue weighted by atomic mass is 9.97. The van der Waals surface area contributed by atoms with Crippen LogP contribution in [0.2, 0.25) is 0 Å². The Kier molecular flexibility index (Phi) is 9.27. The lowest BCUT2D eigenvalue weighted by Crippen LogP contribution is -2.28. The molecular weight excluding hydrogens is 651 g/mol. The first-order valence-electron chi connectivity index (χ1n) is 15.1. The molecule has 1 unspecified atom stereocenters. The largest absolute Gasteiger partial charge is 0.481 e. The van der Waals surface area contributed by atoms with Gasteiger partial charge in [-0.2, -0.15) is 9.49 Å². The van der Waals surface area contributed by atoms with E-state index in [0.717, 1.165) is 11.6 Å². The fourth-order valence-electron chi connectivity index (χ4n) is 5.69. The minimum atomic E-state index is -3.91. The fourth-order valence-corrected chi connectivity index (χ4v) is 6.93. The smallest absolute Gasteiger partial charge is 0.306 e. The van der Waals surface area contributed by atoms with Crippen LogP contribution < -0.4 is 10.1 Å². The van der Waals surface area contributed by atoms with E-state index in [9.17, 15) is 18.3 Å². The Bertz CT molecular complexity index is 2120. The first-order chi connectivity index (χ1) is 22.9. The maximum atomic E-state index is 15.5. The van der Waals surface area contributed by atoms with Gasteiger partial charge in [0.1, 0.15) is 11.6 Å². The van der Waals surface area contributed by atoms with Gasteiger partial charge in [0.2, 0.25) is 5.82 Å². The quantitative estimate of drug-likeness (QED) is 0.236. The second-order valence-corrected chi connectivity index (χ2v) is 13.8. The molecule has 252 valence electrons. The lowest BCUT2D eigenvalue weighted by Gasteiger charge is -2.18. The molecule has 0 saturated heterocycles. The van der Waals surface area contributed by atoms with Crippen LogP contribution in [0.15, 0.2) is 54.7 Å². The van der Waals surface area contributed by atoms with Gasteiger partial charge in [0, 0.05) is 30.7 Å². The fraction of sp³-hybridized carbons (Fsp3) is 0.303. The van der Waals surface area contributed by atoms with Gasteiger partial charge in [0.15, 0.2) is 33.1 Å². The van der Waals surface area contributed by atoms with Crippen molar-refractivity contribution >= 4 is 26.7 Å². The molecule has 2 aromatic heterocycles. The number of aromatic nitrogens is 4. The van der Waals surface area contributed by atoms with Crippen LogP contribution in [0.3, 0.4) is 0 Å². The van der Waals surface area contributed by atoms with Gasteiger partial charge < -0.3 is 24.9 Å². The van der Waals surface area contributed by atoms with E-state index in [4.69, 9.17) is 9.47 Å². The first-order valence-corrected chi connectivity index (χ1v) is 16.9. The summed E-state index contributed by atoms with van der Waals surface area (Å²) in [6.07, 6.45) is 1.65. The van der Waals surface area contributed by atoms with Gasteiger partial charge in [0.05, 0.1) is 47.8 Å². The van der Waals surface area contributed by atoms with Crippen molar-refractivity contribution in [2.75, 3.05) is 25.5 Å². The number of ether oxygens (including phenoxy) is 2. The van der Waals surface area contributed by atoms with E-state index in [2.05, 4.69) is 20.4 Å². The second-order valence-electron chi connectivity index (χ2n) is 11.6. The van der Waals surface area contributed by atoms with Gasteiger partial charge in [-0.15, -0.1) is 0 Å². The predicted molar refractivity (Wildman–Crippen MR) is 170 cm³/mol. The van der Waals surface area contributed by atoms with E-state index in [1.165, 1.54) is 29.1 Å². The molecular formula is C33H32F3N5O6S. The van der Waals surface area contributed by atoms with Crippen molar-refractivity contribution in [1.29, 1.82) is 0 Å². The van der Waals surface area contributed by atoms with Crippen molar-refractivity contribution in [3.8, 4) is 22.9 Å². The monoisotopic (exact) mass is 683 g/mol. The lowest BCUT2D eigenvalue weighted by molar-refractivity contribution is -0.141. The van der Waals surface area contributed by atoms with Crippen molar-refractivity contribution in [2.24, 2.45) is 13.0 Å². The number of carbonyl (C=O) groups is 1. The number of hydrogen-bond donors (Lipinski definition) is 3. The van der Waals surface area contributed by atoms with Crippen LogP contribution in [-0.2, 0) is 38.6 Å². The van der Waals surface area contributed by atoms with E-state index in [1.54, 1.807) is 20.0 Å². The maximum absolute atomic E-state index is 15.5. The Hall–Kier alpha value is -4.73. The van der Waals surface area contributed by atoms with Crippen molar-refractivity contribution in [2.45, 2.75) is 25.1 Å². The predicted octanol–water partition coefficient (Wildman–Crippen LogP) is 5.06. The number of halogens is 3. The number of carboxylic acid groups (broad SMARTS) is 1. The van der Waals surface area contributed by atoms with Crippen molar-refractivity contribution in [1.82, 2.24) is 25.1 Å². The van der Waals surface area contributed by atoms with Crippen LogP contribution in [0.5, 0.6) is 11.5 Å². The number of benzene rings is 3. The Morgan fingerprint density at radius 3 is 2.73 bits per heavy atom. The second kappa shape index (κ2) is 13.4. The van der Waals surface area contributed by atoms with Gasteiger partial charge in [0.25, 0.3) is 0 Å². The highest BCUT2D eigenvalue weighted by Crippen LogP contribution is 2.39. The van der Waals surface area contributed by atoms with Crippen molar-refractivity contribution in [3.05, 3.63) is 94.7 Å². The summed E-state index contributed by atoms with van der Waals surface area (Å²) in [5, 5.41) is 17.4. The van der Waals surface area contributed by atoms with E-state index in [0.29, 0.717) is 5.56 Å². The Labute approximate surface area is 273 Å². The third-order valence-electron chi connectivity index (χ3n) is 8.14. The third-order valence-corrected chi connectivity index (χ3v) is 9.66. The standard InChI is InChI=1S/C33H32F3N5O6S/c1-18(33(42)43)14-19-4-3-5-20(15-19)28-31-39-32(41(2)40-31)23-16-21(6-7-25(23)34)47-30-24(17-48(44,45)13-12-46-11-10-38-28)22-8-9-37-29(22)26(35)27(30)36/h3-9,15-16,18,28,37-38H,10-14,17H2,1-2H3,(H,42,43)/t18-,28?/m1/s1. The molecule has 4 bridgehead atoms. The maximum Gasteiger partial charge on any atom is 0.306 e. The minimum Gasteiger partial charge on any atom is -0.481 e. The number of rotatable bonds is 4. The summed E-state index contributed by atoms with van der Waals surface area (Å²) >= 11 is 0. The summed E-state index contributed by atoms with van der Waals surface area (Å²) in [7, 11) is -2.34. The SMILES string of the molecule is C[C@H](Cc1cccc(C2NCCOCCS(=O)(=O)Cc3c(c(F)c(F)c4[nH]ccc34)Oc3ccc(F)c(c3)-c3nc2nn3C)c1)C(=O)O. The molecule has 0 saturated carbocycles. The van der Waals surface area contributed by atoms with Crippen LogP contribution in [0.1, 0.15) is 35.5 Å². The zero-order chi connectivity index (χ0) is 34.2. The van der Waals surface area contributed by atoms with E-state index >= 15 is 13.2 Å². The number of H-pyrrole nitrogens is 1. The number of aryl methyl sites for hydroxylation is 1. The van der Waals surface area contributed by atoms with Crippen LogP contribution in [0.25, 0.3) is 22.3 Å². The van der Waals surface area contributed by atoms with Crippen LogP contribution in [0, 0.1) is 23.4 Å². The molecule has 1 aliphatic heterocycles. The highest BCUT2D eigenvalue weighted by Gasteiger charge is 2.28. The molecule has 3 heterocycles. The first kappa shape index (κ1) is 33.2. The zero-order valence-corrected chi connectivity index (χ0v) is 26.8. The van der Waals surface area contributed by atoms with Gasteiger partial charge in [-0.1, -0.05) is 31.2 Å². The van der Waals surface area contributed by atoms with Crippen LogP contribution in [-0.4, -0.2) is 64.8 Å². The average Bonchev–Trinajstić information content (AvgIpc) is 3.69. The molecule has 3 N–H and O–H groups in total. The topological polar surface area (TPSA) is 148 Å². The molecule has 0 amide bonds. The summed E-state index contributed by atoms with van der Waals surface area (Å²) in [5.74, 6) is -6.34. The summed E-state index contributed by atoms with van der Waals surface area (Å²) in [5.41, 5.74) is 1.12. The molecule has 0 aliphatic carbocycles. The molecule has 3 aromatic carbocycles. The molecule has 1 aliphatic rings. The summed E-state index contributed by atoms with van der Waals surface area (Å²) in [6.45, 7) is 1.79. The minimum absolute atomic E-state index is 0.0567. The number of hydrogen-bond acceptors (Lipinski definition) is 8. The molecule has 11 nitrogen and oxygen atoms in total. The zero-order valence-electron chi connectivity index (χ0n) is 26.0. The average molecular weight is 684 g/mol. The van der Waals surface area contributed by atoms with Crippen LogP contribution in [0.4, 0.5) is 13.2 Å². The Balaban J connectivity index is 1.45. The Morgan fingerprint density at radius 1 is 1.12 bits per heavy atom. The number of nitrogens with zero attached hydrogens (tertiary/aromatic N) is 3. The normalized spacial score (nSPS) is 17.6. The highest BCUT2D eigenvalue weighted by atomic mass is 32.2. The van der Waals surface area contributed by atoms with Crippen molar-refractivity contribution < 1.29 is 41.0 Å². The van der Waals surface area contributed by atoms with E-state index in [-0.39, 0.29) is 65.6 Å². The Morgan fingerprint density at radius 2 is 1.94 bits per heavy atom. The number of aliphatic carboxylic acids is 1. The van der Waals surface area contributed by atoms with E-state index in [1.807, 2.05) is 18.2 Å². The molecule has 15 heteroatoms. The van der Waals surface area contributed by atoms with E-state index < -0.39 is 62.5 Å². The van der Waals surface area contributed by atoms with Crippen molar-refractivity contribution in [3.63, 3.8) is 0 Å². The molecule has 2 atom stereocenters. The number of fused-ring (bicyclic) bond motifs is 8. The van der Waals surface area contributed by atoms with Gasteiger partial charge >= 0.3 is 5.97 Å². The van der Waals surface area contributed by atoms with Gasteiger partial charge in [-0.3, -0.25) is 4.79 Å². The van der Waals surface area contributed by atoms with Gasteiger partial charge in [-0.25, -0.2) is 26.9 Å². The summed E-state index contributed by atoms with van der Waals surface area (Å²) < 4.78 is 85.3. The van der Waals surface area contributed by atoms with Gasteiger partial charge in [-0.05, 0) is 41.8 Å². The molecule has 0 fully saturated rings. The highest BCUT2D eigenvalue weighted by molar-refractivity contribution is 7.90. The molecule has 48 heavy (non-hydrogen) atoms.